The van der Waals surface area contributed by atoms with Gasteiger partial charge in [0.05, 0.1) is 4.90 Å². The SMILES string of the molecule is Cc1ccc(S(=O)(=O)NCCCCC(=O)N2CCc3ccccc3C2)cc1. The minimum absolute atomic E-state index is 0.144. The number of amides is 1. The number of fused-ring (bicyclic) bond motifs is 1. The molecular weight excluding hydrogens is 360 g/mol. The second-order valence-electron chi connectivity index (χ2n) is 7.00. The average Bonchev–Trinajstić information content (AvgIpc) is 2.67. The van der Waals surface area contributed by atoms with Gasteiger partial charge in [0.1, 0.15) is 0 Å². The summed E-state index contributed by atoms with van der Waals surface area (Å²) in [4.78, 5) is 14.6. The van der Waals surface area contributed by atoms with Crippen LogP contribution in [0.3, 0.4) is 0 Å². The van der Waals surface area contributed by atoms with Gasteiger partial charge in [-0.25, -0.2) is 13.1 Å². The lowest BCUT2D eigenvalue weighted by Gasteiger charge is -2.29. The molecule has 6 heteroatoms. The van der Waals surface area contributed by atoms with Crippen LogP contribution in [0.1, 0.15) is 36.0 Å². The van der Waals surface area contributed by atoms with Crippen LogP contribution in [-0.2, 0) is 27.8 Å². The van der Waals surface area contributed by atoms with Crippen LogP contribution in [0.25, 0.3) is 0 Å². The summed E-state index contributed by atoms with van der Waals surface area (Å²) < 4.78 is 27.0. The van der Waals surface area contributed by atoms with Gasteiger partial charge in [-0.2, -0.15) is 0 Å². The standard InChI is InChI=1S/C21H26N2O3S/c1-17-9-11-20(12-10-17)27(25,26)22-14-5-4-8-21(24)23-15-13-18-6-2-3-7-19(18)16-23/h2-3,6-7,9-12,22H,4-5,8,13-16H2,1H3. The highest BCUT2D eigenvalue weighted by Gasteiger charge is 2.20. The molecule has 0 aliphatic carbocycles. The zero-order valence-corrected chi connectivity index (χ0v) is 16.5. The smallest absolute Gasteiger partial charge is 0.240 e. The Morgan fingerprint density at radius 3 is 2.48 bits per heavy atom. The number of nitrogens with one attached hydrogen (secondary N) is 1. The van der Waals surface area contributed by atoms with Gasteiger partial charge in [-0.3, -0.25) is 4.79 Å². The Kier molecular flexibility index (Phi) is 6.29. The molecule has 0 radical (unpaired) electrons. The predicted molar refractivity (Wildman–Crippen MR) is 106 cm³/mol. The summed E-state index contributed by atoms with van der Waals surface area (Å²) in [6, 6.07) is 15.0. The van der Waals surface area contributed by atoms with E-state index in [1.807, 2.05) is 24.0 Å². The van der Waals surface area contributed by atoms with Crippen molar-refractivity contribution in [1.29, 1.82) is 0 Å². The maximum Gasteiger partial charge on any atom is 0.240 e. The second kappa shape index (κ2) is 8.67. The van der Waals surface area contributed by atoms with Crippen molar-refractivity contribution in [3.8, 4) is 0 Å². The number of hydrogen-bond donors (Lipinski definition) is 1. The molecule has 27 heavy (non-hydrogen) atoms. The molecule has 2 aromatic carbocycles. The molecule has 0 saturated heterocycles. The number of carbonyl (C=O) groups is 1. The predicted octanol–water partition coefficient (Wildman–Crippen LogP) is 3.03. The third-order valence-electron chi connectivity index (χ3n) is 4.92. The van der Waals surface area contributed by atoms with E-state index in [0.29, 0.717) is 32.4 Å². The highest BCUT2D eigenvalue weighted by atomic mass is 32.2. The largest absolute Gasteiger partial charge is 0.338 e. The van der Waals surface area contributed by atoms with Crippen LogP contribution in [0.4, 0.5) is 0 Å². The van der Waals surface area contributed by atoms with Gasteiger partial charge in [-0.1, -0.05) is 42.0 Å². The molecule has 5 nitrogen and oxygen atoms in total. The van der Waals surface area contributed by atoms with Gasteiger partial charge in [0.2, 0.25) is 15.9 Å². The third-order valence-corrected chi connectivity index (χ3v) is 6.40. The molecule has 1 amide bonds. The zero-order chi connectivity index (χ0) is 19.3. The fraction of sp³-hybridized carbons (Fsp3) is 0.381. The Hall–Kier alpha value is -2.18. The fourth-order valence-electron chi connectivity index (χ4n) is 3.28. The van der Waals surface area contributed by atoms with Gasteiger partial charge in [0.15, 0.2) is 0 Å². The summed E-state index contributed by atoms with van der Waals surface area (Å²) in [7, 11) is -3.48. The molecule has 1 N–H and O–H groups in total. The molecule has 1 aliphatic rings. The highest BCUT2D eigenvalue weighted by molar-refractivity contribution is 7.89. The van der Waals surface area contributed by atoms with Crippen molar-refractivity contribution >= 4 is 15.9 Å². The maximum atomic E-state index is 12.4. The van der Waals surface area contributed by atoms with Crippen LogP contribution in [0.15, 0.2) is 53.4 Å². The number of unbranched alkanes of at least 4 members (excludes halogenated alkanes) is 1. The van der Waals surface area contributed by atoms with E-state index < -0.39 is 10.0 Å². The summed E-state index contributed by atoms with van der Waals surface area (Å²) in [5.41, 5.74) is 3.57. The molecule has 0 saturated carbocycles. The normalized spacial score (nSPS) is 14.0. The van der Waals surface area contributed by atoms with Gasteiger partial charge in [0, 0.05) is 26.1 Å². The lowest BCUT2D eigenvalue weighted by molar-refractivity contribution is -0.132. The van der Waals surface area contributed by atoms with Gasteiger partial charge < -0.3 is 4.90 Å². The van der Waals surface area contributed by atoms with Crippen molar-refractivity contribution in [3.05, 3.63) is 65.2 Å². The first-order valence-corrected chi connectivity index (χ1v) is 10.8. The monoisotopic (exact) mass is 386 g/mol. The van der Waals surface area contributed by atoms with Gasteiger partial charge >= 0.3 is 0 Å². The Bertz CT molecular complexity index is 892. The molecule has 144 valence electrons. The minimum Gasteiger partial charge on any atom is -0.338 e. The van der Waals surface area contributed by atoms with Gasteiger partial charge in [0.25, 0.3) is 0 Å². The van der Waals surface area contributed by atoms with Crippen molar-refractivity contribution in [3.63, 3.8) is 0 Å². The molecule has 0 aromatic heterocycles. The van der Waals surface area contributed by atoms with E-state index in [2.05, 4.69) is 16.9 Å². The fourth-order valence-corrected chi connectivity index (χ4v) is 4.35. The van der Waals surface area contributed by atoms with E-state index >= 15 is 0 Å². The van der Waals surface area contributed by atoms with Crippen LogP contribution >= 0.6 is 0 Å². The van der Waals surface area contributed by atoms with Crippen molar-refractivity contribution < 1.29 is 13.2 Å². The summed E-state index contributed by atoms with van der Waals surface area (Å²) >= 11 is 0. The Morgan fingerprint density at radius 2 is 1.74 bits per heavy atom. The van der Waals surface area contributed by atoms with Crippen LogP contribution in [0.2, 0.25) is 0 Å². The summed E-state index contributed by atoms with van der Waals surface area (Å²) in [5.74, 6) is 0.144. The molecule has 1 aliphatic heterocycles. The molecule has 3 rings (SSSR count). The molecule has 0 unspecified atom stereocenters. The molecule has 1 heterocycles. The maximum absolute atomic E-state index is 12.4. The van der Waals surface area contributed by atoms with E-state index in [-0.39, 0.29) is 10.8 Å². The number of nitrogens with zero attached hydrogens (tertiary/aromatic N) is 1. The zero-order valence-electron chi connectivity index (χ0n) is 15.6. The number of sulfonamides is 1. The topological polar surface area (TPSA) is 66.5 Å². The van der Waals surface area contributed by atoms with E-state index in [9.17, 15) is 13.2 Å². The number of benzene rings is 2. The summed E-state index contributed by atoms with van der Waals surface area (Å²) in [6.45, 7) is 3.69. The van der Waals surface area contributed by atoms with Crippen molar-refractivity contribution in [2.24, 2.45) is 0 Å². The van der Waals surface area contributed by atoms with Crippen LogP contribution in [0.5, 0.6) is 0 Å². The van der Waals surface area contributed by atoms with Crippen LogP contribution < -0.4 is 4.72 Å². The van der Waals surface area contributed by atoms with Crippen molar-refractivity contribution in [1.82, 2.24) is 9.62 Å². The molecule has 0 bridgehead atoms. The first-order chi connectivity index (χ1) is 13.0. The third kappa shape index (κ3) is 5.17. The lowest BCUT2D eigenvalue weighted by Crippen LogP contribution is -2.35. The van der Waals surface area contributed by atoms with E-state index in [1.54, 1.807) is 24.3 Å². The van der Waals surface area contributed by atoms with Crippen molar-refractivity contribution in [2.75, 3.05) is 13.1 Å². The first-order valence-electron chi connectivity index (χ1n) is 9.36. The first kappa shape index (κ1) is 19.6. The number of hydrogen-bond acceptors (Lipinski definition) is 3. The molecule has 2 aromatic rings. The Morgan fingerprint density at radius 1 is 1.04 bits per heavy atom. The average molecular weight is 387 g/mol. The van der Waals surface area contributed by atoms with Crippen LogP contribution in [0, 0.1) is 6.92 Å². The number of rotatable bonds is 7. The lowest BCUT2D eigenvalue weighted by atomic mass is 9.99. The van der Waals surface area contributed by atoms with E-state index in [0.717, 1.165) is 18.5 Å². The molecule has 0 atom stereocenters. The minimum atomic E-state index is -3.48. The van der Waals surface area contributed by atoms with E-state index in [1.165, 1.54) is 11.1 Å². The molecular formula is C21H26N2O3S. The Balaban J connectivity index is 1.40. The summed E-state index contributed by atoms with van der Waals surface area (Å²) in [5, 5.41) is 0. The molecule has 0 fully saturated rings. The van der Waals surface area contributed by atoms with Crippen LogP contribution in [-0.4, -0.2) is 32.3 Å². The van der Waals surface area contributed by atoms with E-state index in [4.69, 9.17) is 0 Å². The van der Waals surface area contributed by atoms with Gasteiger partial charge in [-0.15, -0.1) is 0 Å². The highest BCUT2D eigenvalue weighted by Crippen LogP contribution is 2.19. The molecule has 0 spiro atoms. The van der Waals surface area contributed by atoms with Crippen molar-refractivity contribution in [2.45, 2.75) is 44.0 Å². The van der Waals surface area contributed by atoms with Gasteiger partial charge in [-0.05, 0) is 49.4 Å². The summed E-state index contributed by atoms with van der Waals surface area (Å²) in [6.07, 6.45) is 2.67. The number of carbonyl (C=O) groups excluding carboxylic acids is 1. The second-order valence-corrected chi connectivity index (χ2v) is 8.77. The quantitative estimate of drug-likeness (QED) is 0.744. The Labute approximate surface area is 161 Å². The number of aryl methyl sites for hydroxylation is 1.